The van der Waals surface area contributed by atoms with Gasteiger partial charge in [0.05, 0.1) is 0 Å². The standard InChI is InChI=1S/C5H13N3O2/c6-3-1-2-4-8(7)5(9)10/h1-4,6-7H2,(H,9,10). The molecule has 0 saturated heterocycles. The van der Waals surface area contributed by atoms with Crippen LogP contribution in [0.15, 0.2) is 0 Å². The quantitative estimate of drug-likeness (QED) is 0.218. The summed E-state index contributed by atoms with van der Waals surface area (Å²) in [5, 5.41) is 9.01. The minimum atomic E-state index is -1.10. The molecule has 0 spiro atoms. The molecule has 5 N–H and O–H groups in total. The van der Waals surface area contributed by atoms with Gasteiger partial charge in [-0.25, -0.2) is 15.6 Å². The zero-order chi connectivity index (χ0) is 7.98. The molecule has 0 fully saturated rings. The first-order chi connectivity index (χ1) is 4.68. The second-order valence-corrected chi connectivity index (χ2v) is 1.97. The van der Waals surface area contributed by atoms with Crippen molar-refractivity contribution in [3.05, 3.63) is 0 Å². The van der Waals surface area contributed by atoms with Crippen LogP contribution >= 0.6 is 0 Å². The van der Waals surface area contributed by atoms with E-state index in [0.717, 1.165) is 17.9 Å². The lowest BCUT2D eigenvalue weighted by molar-refractivity contribution is 0.145. The number of unbranched alkanes of at least 4 members (excludes halogenated alkanes) is 1. The SMILES string of the molecule is NCCCCN(N)C(=O)O. The number of hydrazine groups is 1. The summed E-state index contributed by atoms with van der Waals surface area (Å²) in [4.78, 5) is 10.1. The molecule has 0 aromatic carbocycles. The maximum absolute atomic E-state index is 10.1. The number of carboxylic acid groups (broad SMARTS) is 1. The molecular formula is C5H13N3O2. The van der Waals surface area contributed by atoms with Crippen molar-refractivity contribution < 1.29 is 9.90 Å². The molecule has 5 heteroatoms. The summed E-state index contributed by atoms with van der Waals surface area (Å²) < 4.78 is 0. The highest BCUT2D eigenvalue weighted by atomic mass is 16.4. The van der Waals surface area contributed by atoms with E-state index in [1.807, 2.05) is 0 Å². The van der Waals surface area contributed by atoms with Crippen molar-refractivity contribution in [1.82, 2.24) is 5.01 Å². The lowest BCUT2D eigenvalue weighted by Gasteiger charge is -2.10. The van der Waals surface area contributed by atoms with Crippen LogP contribution in [0.2, 0.25) is 0 Å². The van der Waals surface area contributed by atoms with Crippen molar-refractivity contribution in [2.75, 3.05) is 13.1 Å². The predicted octanol–water partition coefficient (Wildman–Crippen LogP) is -0.421. The highest BCUT2D eigenvalue weighted by molar-refractivity contribution is 5.63. The van der Waals surface area contributed by atoms with E-state index in [4.69, 9.17) is 16.7 Å². The van der Waals surface area contributed by atoms with Gasteiger partial charge in [-0.2, -0.15) is 0 Å². The van der Waals surface area contributed by atoms with E-state index in [1.165, 1.54) is 0 Å². The van der Waals surface area contributed by atoms with Gasteiger partial charge in [0.2, 0.25) is 0 Å². The number of hydrogen-bond acceptors (Lipinski definition) is 3. The number of carbonyl (C=O) groups is 1. The Morgan fingerprint density at radius 1 is 1.50 bits per heavy atom. The Morgan fingerprint density at radius 2 is 2.10 bits per heavy atom. The second kappa shape index (κ2) is 5.01. The molecule has 0 rings (SSSR count). The van der Waals surface area contributed by atoms with Crippen LogP contribution in [0.1, 0.15) is 12.8 Å². The number of nitrogens with two attached hydrogens (primary N) is 2. The van der Waals surface area contributed by atoms with Gasteiger partial charge in [-0.15, -0.1) is 0 Å². The highest BCUT2D eigenvalue weighted by Gasteiger charge is 2.03. The molecule has 10 heavy (non-hydrogen) atoms. The Morgan fingerprint density at radius 3 is 2.50 bits per heavy atom. The third-order valence-electron chi connectivity index (χ3n) is 1.10. The van der Waals surface area contributed by atoms with Gasteiger partial charge in [-0.1, -0.05) is 0 Å². The van der Waals surface area contributed by atoms with Crippen LogP contribution in [0.3, 0.4) is 0 Å². The average Bonchev–Trinajstić information content (AvgIpc) is 1.88. The molecule has 0 aromatic heterocycles. The number of hydrogen-bond donors (Lipinski definition) is 3. The molecule has 0 aliphatic heterocycles. The summed E-state index contributed by atoms with van der Waals surface area (Å²) in [6.45, 7) is 0.931. The summed E-state index contributed by atoms with van der Waals surface area (Å²) in [6.07, 6.45) is 0.428. The van der Waals surface area contributed by atoms with Crippen LogP contribution in [-0.2, 0) is 0 Å². The van der Waals surface area contributed by atoms with Crippen molar-refractivity contribution in [2.45, 2.75) is 12.8 Å². The fraction of sp³-hybridized carbons (Fsp3) is 0.800. The molecule has 0 aliphatic rings. The largest absolute Gasteiger partial charge is 0.464 e. The van der Waals surface area contributed by atoms with Gasteiger partial charge >= 0.3 is 6.09 Å². The Labute approximate surface area is 59.6 Å². The maximum atomic E-state index is 10.1. The van der Waals surface area contributed by atoms with E-state index in [2.05, 4.69) is 0 Å². The smallest absolute Gasteiger partial charge is 0.421 e. The van der Waals surface area contributed by atoms with E-state index in [0.29, 0.717) is 13.1 Å². The summed E-state index contributed by atoms with van der Waals surface area (Å²) in [5.41, 5.74) is 5.18. The molecule has 0 aliphatic carbocycles. The number of rotatable bonds is 4. The number of nitrogens with zero attached hydrogens (tertiary/aromatic N) is 1. The minimum Gasteiger partial charge on any atom is -0.464 e. The Balaban J connectivity index is 3.21. The zero-order valence-electron chi connectivity index (χ0n) is 5.79. The Bertz CT molecular complexity index is 107. The first kappa shape index (κ1) is 9.19. The van der Waals surface area contributed by atoms with Gasteiger partial charge in [-0.3, -0.25) is 0 Å². The van der Waals surface area contributed by atoms with E-state index < -0.39 is 6.09 Å². The fourth-order valence-electron chi connectivity index (χ4n) is 0.522. The molecule has 60 valence electrons. The molecule has 0 radical (unpaired) electrons. The Hall–Kier alpha value is -0.810. The van der Waals surface area contributed by atoms with Gasteiger partial charge in [0, 0.05) is 6.54 Å². The van der Waals surface area contributed by atoms with Crippen LogP contribution in [0.4, 0.5) is 4.79 Å². The van der Waals surface area contributed by atoms with Crippen LogP contribution in [-0.4, -0.2) is 29.3 Å². The summed E-state index contributed by atoms with van der Waals surface area (Å²) in [5.74, 6) is 5.05. The van der Waals surface area contributed by atoms with E-state index in [-0.39, 0.29) is 0 Å². The molecule has 0 aromatic rings. The van der Waals surface area contributed by atoms with Crippen LogP contribution in [0.5, 0.6) is 0 Å². The van der Waals surface area contributed by atoms with Gasteiger partial charge in [0.15, 0.2) is 0 Å². The van der Waals surface area contributed by atoms with Crippen molar-refractivity contribution >= 4 is 6.09 Å². The lowest BCUT2D eigenvalue weighted by atomic mass is 10.3. The molecule has 0 unspecified atom stereocenters. The van der Waals surface area contributed by atoms with Crippen LogP contribution in [0.25, 0.3) is 0 Å². The summed E-state index contributed by atoms with van der Waals surface area (Å²) >= 11 is 0. The summed E-state index contributed by atoms with van der Waals surface area (Å²) in [7, 11) is 0. The second-order valence-electron chi connectivity index (χ2n) is 1.97. The van der Waals surface area contributed by atoms with E-state index >= 15 is 0 Å². The summed E-state index contributed by atoms with van der Waals surface area (Å²) in [6, 6.07) is 0. The van der Waals surface area contributed by atoms with E-state index in [1.54, 1.807) is 0 Å². The molecule has 0 atom stereocenters. The minimum absolute atomic E-state index is 0.354. The molecule has 0 heterocycles. The third-order valence-corrected chi connectivity index (χ3v) is 1.10. The fourth-order valence-corrected chi connectivity index (χ4v) is 0.522. The predicted molar refractivity (Wildman–Crippen MR) is 37.2 cm³/mol. The highest BCUT2D eigenvalue weighted by Crippen LogP contribution is 1.88. The topological polar surface area (TPSA) is 92.6 Å². The number of amides is 1. The zero-order valence-corrected chi connectivity index (χ0v) is 5.79. The molecule has 0 bridgehead atoms. The Kier molecular flexibility index (Phi) is 4.61. The monoisotopic (exact) mass is 147 g/mol. The van der Waals surface area contributed by atoms with E-state index in [9.17, 15) is 4.79 Å². The van der Waals surface area contributed by atoms with Crippen LogP contribution in [0, 0.1) is 0 Å². The molecule has 5 nitrogen and oxygen atoms in total. The van der Waals surface area contributed by atoms with Crippen molar-refractivity contribution in [1.29, 1.82) is 0 Å². The van der Waals surface area contributed by atoms with Crippen molar-refractivity contribution in [3.63, 3.8) is 0 Å². The van der Waals surface area contributed by atoms with Crippen LogP contribution < -0.4 is 11.6 Å². The molecule has 1 amide bonds. The lowest BCUT2D eigenvalue weighted by Crippen LogP contribution is -2.36. The van der Waals surface area contributed by atoms with Gasteiger partial charge in [0.1, 0.15) is 0 Å². The maximum Gasteiger partial charge on any atom is 0.421 e. The van der Waals surface area contributed by atoms with Crippen molar-refractivity contribution in [2.24, 2.45) is 11.6 Å². The first-order valence-electron chi connectivity index (χ1n) is 3.13. The van der Waals surface area contributed by atoms with Gasteiger partial charge < -0.3 is 10.8 Å². The normalized spacial score (nSPS) is 9.40. The molecular weight excluding hydrogens is 134 g/mol. The van der Waals surface area contributed by atoms with Gasteiger partial charge in [0.25, 0.3) is 0 Å². The molecule has 0 saturated carbocycles. The first-order valence-corrected chi connectivity index (χ1v) is 3.13. The van der Waals surface area contributed by atoms with Gasteiger partial charge in [-0.05, 0) is 19.4 Å². The average molecular weight is 147 g/mol. The van der Waals surface area contributed by atoms with Crippen molar-refractivity contribution in [3.8, 4) is 0 Å². The third kappa shape index (κ3) is 4.11.